The molecule has 6 nitrogen and oxygen atoms in total. The molecule has 0 radical (unpaired) electrons. The number of amides is 2. The van der Waals surface area contributed by atoms with Crippen LogP contribution in [-0.2, 0) is 9.59 Å². The fourth-order valence-electron chi connectivity index (χ4n) is 2.07. The molecule has 0 saturated carbocycles. The molecule has 0 unspecified atom stereocenters. The summed E-state index contributed by atoms with van der Waals surface area (Å²) < 4.78 is 6.37. The Hall–Kier alpha value is -2.16. The summed E-state index contributed by atoms with van der Waals surface area (Å²) in [7, 11) is 0. The summed E-state index contributed by atoms with van der Waals surface area (Å²) in [5, 5.41) is 2.76. The molecule has 2 aromatic rings. The van der Waals surface area contributed by atoms with Crippen LogP contribution < -0.4 is 15.0 Å². The van der Waals surface area contributed by atoms with Crippen molar-refractivity contribution in [3.05, 3.63) is 46.2 Å². The molecule has 7 heteroatoms. The van der Waals surface area contributed by atoms with E-state index < -0.39 is 0 Å². The van der Waals surface area contributed by atoms with Crippen LogP contribution in [-0.4, -0.2) is 29.9 Å². The molecule has 2 heterocycles. The molecule has 1 aliphatic rings. The summed E-state index contributed by atoms with van der Waals surface area (Å²) in [6.07, 6.45) is 1.56. The lowest BCUT2D eigenvalue weighted by molar-refractivity contribution is -0.123. The zero-order valence-corrected chi connectivity index (χ0v) is 13.6. The first kappa shape index (κ1) is 14.8. The standard InChI is InChI=1S/C15H12IN3O3/c16-10-3-5-11(6-4-10)18-13(20)8-19-14(21)9-22-12-2-1-7-17-15(12)19/h1-7H,8-9H2,(H,18,20). The first-order valence-electron chi connectivity index (χ1n) is 6.57. The van der Waals surface area contributed by atoms with Crippen LogP contribution in [0.25, 0.3) is 0 Å². The minimum absolute atomic E-state index is 0.0878. The van der Waals surface area contributed by atoms with Crippen molar-refractivity contribution in [2.45, 2.75) is 0 Å². The third-order valence-corrected chi connectivity index (χ3v) is 3.81. The Morgan fingerprint density at radius 3 is 2.86 bits per heavy atom. The van der Waals surface area contributed by atoms with Crippen LogP contribution in [0.3, 0.4) is 0 Å². The Morgan fingerprint density at radius 2 is 2.09 bits per heavy atom. The second-order valence-corrected chi connectivity index (χ2v) is 5.89. The van der Waals surface area contributed by atoms with Crippen LogP contribution in [0.2, 0.25) is 0 Å². The number of carbonyl (C=O) groups excluding carboxylic acids is 2. The van der Waals surface area contributed by atoms with Gasteiger partial charge < -0.3 is 10.1 Å². The van der Waals surface area contributed by atoms with E-state index in [-0.39, 0.29) is 25.0 Å². The average Bonchev–Trinajstić information content (AvgIpc) is 2.52. The van der Waals surface area contributed by atoms with Gasteiger partial charge in [0.1, 0.15) is 6.54 Å². The SMILES string of the molecule is O=C(CN1C(=O)COc2cccnc21)Nc1ccc(I)cc1. The maximum atomic E-state index is 12.1. The molecular weight excluding hydrogens is 397 g/mol. The zero-order chi connectivity index (χ0) is 15.5. The highest BCUT2D eigenvalue weighted by molar-refractivity contribution is 14.1. The van der Waals surface area contributed by atoms with Crippen molar-refractivity contribution in [2.24, 2.45) is 0 Å². The van der Waals surface area contributed by atoms with Gasteiger partial charge in [0.15, 0.2) is 18.2 Å². The number of fused-ring (bicyclic) bond motifs is 1. The fourth-order valence-corrected chi connectivity index (χ4v) is 2.43. The number of pyridine rings is 1. The molecule has 112 valence electrons. The molecule has 0 atom stereocenters. The second kappa shape index (κ2) is 6.30. The number of halogens is 1. The van der Waals surface area contributed by atoms with E-state index >= 15 is 0 Å². The van der Waals surface area contributed by atoms with Crippen molar-refractivity contribution in [3.8, 4) is 5.75 Å². The van der Waals surface area contributed by atoms with Crippen molar-refractivity contribution < 1.29 is 14.3 Å². The van der Waals surface area contributed by atoms with Gasteiger partial charge in [0, 0.05) is 15.5 Å². The van der Waals surface area contributed by atoms with Crippen molar-refractivity contribution in [2.75, 3.05) is 23.4 Å². The smallest absolute Gasteiger partial charge is 0.266 e. The minimum atomic E-state index is -0.288. The maximum absolute atomic E-state index is 12.1. The van der Waals surface area contributed by atoms with E-state index in [1.165, 1.54) is 4.90 Å². The number of carbonyl (C=O) groups is 2. The Bertz CT molecular complexity index is 718. The molecule has 1 aromatic heterocycles. The molecule has 0 bridgehead atoms. The van der Waals surface area contributed by atoms with E-state index in [4.69, 9.17) is 4.74 Å². The van der Waals surface area contributed by atoms with E-state index in [1.807, 2.05) is 24.3 Å². The number of rotatable bonds is 3. The largest absolute Gasteiger partial charge is 0.480 e. The summed E-state index contributed by atoms with van der Waals surface area (Å²) in [6.45, 7) is -0.187. The molecule has 1 aromatic carbocycles. The third kappa shape index (κ3) is 3.19. The Morgan fingerprint density at radius 1 is 1.32 bits per heavy atom. The molecule has 0 fully saturated rings. The predicted octanol–water partition coefficient (Wildman–Crippen LogP) is 2.05. The van der Waals surface area contributed by atoms with Crippen LogP contribution in [0.5, 0.6) is 5.75 Å². The number of hydrogen-bond acceptors (Lipinski definition) is 4. The van der Waals surface area contributed by atoms with Gasteiger partial charge in [-0.1, -0.05) is 0 Å². The first-order chi connectivity index (χ1) is 10.6. The van der Waals surface area contributed by atoms with E-state index in [0.717, 1.165) is 3.57 Å². The van der Waals surface area contributed by atoms with Crippen LogP contribution in [0.1, 0.15) is 0 Å². The second-order valence-electron chi connectivity index (χ2n) is 4.65. The first-order valence-corrected chi connectivity index (χ1v) is 7.65. The van der Waals surface area contributed by atoms with Crippen LogP contribution >= 0.6 is 22.6 Å². The number of nitrogens with zero attached hydrogens (tertiary/aromatic N) is 2. The van der Waals surface area contributed by atoms with E-state index in [2.05, 4.69) is 32.9 Å². The van der Waals surface area contributed by atoms with E-state index in [1.54, 1.807) is 18.3 Å². The number of nitrogens with one attached hydrogen (secondary N) is 1. The number of ether oxygens (including phenoxy) is 1. The zero-order valence-electron chi connectivity index (χ0n) is 11.5. The summed E-state index contributed by atoms with van der Waals surface area (Å²) >= 11 is 2.19. The summed E-state index contributed by atoms with van der Waals surface area (Å²) in [5.41, 5.74) is 0.687. The van der Waals surface area contributed by atoms with Gasteiger partial charge in [0.25, 0.3) is 5.91 Å². The summed E-state index contributed by atoms with van der Waals surface area (Å²) in [6, 6.07) is 10.9. The molecule has 2 amide bonds. The van der Waals surface area contributed by atoms with E-state index in [9.17, 15) is 9.59 Å². The minimum Gasteiger partial charge on any atom is -0.480 e. The van der Waals surface area contributed by atoms with Gasteiger partial charge in [-0.05, 0) is 59.0 Å². The van der Waals surface area contributed by atoms with Gasteiger partial charge in [-0.15, -0.1) is 0 Å². The monoisotopic (exact) mass is 409 g/mol. The summed E-state index contributed by atoms with van der Waals surface area (Å²) in [4.78, 5) is 29.6. The molecule has 0 spiro atoms. The Kier molecular flexibility index (Phi) is 4.23. The number of anilines is 2. The van der Waals surface area contributed by atoms with Crippen molar-refractivity contribution in [1.29, 1.82) is 0 Å². The van der Waals surface area contributed by atoms with Crippen LogP contribution in [0.4, 0.5) is 11.5 Å². The van der Waals surface area contributed by atoms with Gasteiger partial charge in [-0.3, -0.25) is 14.5 Å². The van der Waals surface area contributed by atoms with Gasteiger partial charge in [0.2, 0.25) is 5.91 Å². The normalized spacial score (nSPS) is 13.3. The van der Waals surface area contributed by atoms with Crippen LogP contribution in [0, 0.1) is 3.57 Å². The molecule has 1 aliphatic heterocycles. The van der Waals surface area contributed by atoms with Crippen molar-refractivity contribution >= 4 is 45.9 Å². The molecule has 0 aliphatic carbocycles. The molecule has 22 heavy (non-hydrogen) atoms. The van der Waals surface area contributed by atoms with Gasteiger partial charge in [0.05, 0.1) is 0 Å². The number of aromatic nitrogens is 1. The molecule has 1 N–H and O–H groups in total. The Labute approximate surface area is 140 Å². The Balaban J connectivity index is 1.73. The van der Waals surface area contributed by atoms with Crippen molar-refractivity contribution in [3.63, 3.8) is 0 Å². The van der Waals surface area contributed by atoms with Crippen LogP contribution in [0.15, 0.2) is 42.6 Å². The lowest BCUT2D eigenvalue weighted by Gasteiger charge is -2.27. The van der Waals surface area contributed by atoms with Crippen molar-refractivity contribution in [1.82, 2.24) is 4.98 Å². The predicted molar refractivity (Wildman–Crippen MR) is 89.9 cm³/mol. The highest BCUT2D eigenvalue weighted by Gasteiger charge is 2.28. The molecule has 0 saturated heterocycles. The van der Waals surface area contributed by atoms with Gasteiger partial charge >= 0.3 is 0 Å². The maximum Gasteiger partial charge on any atom is 0.266 e. The topological polar surface area (TPSA) is 71.5 Å². The van der Waals surface area contributed by atoms with Gasteiger partial charge in [-0.2, -0.15) is 0 Å². The molecular formula is C15H12IN3O3. The quantitative estimate of drug-likeness (QED) is 0.788. The average molecular weight is 409 g/mol. The number of hydrogen-bond donors (Lipinski definition) is 1. The third-order valence-electron chi connectivity index (χ3n) is 3.09. The fraction of sp³-hybridized carbons (Fsp3) is 0.133. The number of benzene rings is 1. The van der Waals surface area contributed by atoms with E-state index in [0.29, 0.717) is 17.3 Å². The highest BCUT2D eigenvalue weighted by Crippen LogP contribution is 2.28. The lowest BCUT2D eigenvalue weighted by atomic mass is 10.3. The highest BCUT2D eigenvalue weighted by atomic mass is 127. The summed E-state index contributed by atoms with van der Waals surface area (Å²) in [5.74, 6) is 0.303. The molecule has 3 rings (SSSR count). The lowest BCUT2D eigenvalue weighted by Crippen LogP contribution is -2.43. The van der Waals surface area contributed by atoms with Gasteiger partial charge in [-0.25, -0.2) is 4.98 Å².